The zero-order valence-corrected chi connectivity index (χ0v) is 8.97. The summed E-state index contributed by atoms with van der Waals surface area (Å²) in [4.78, 5) is 22.1. The van der Waals surface area contributed by atoms with E-state index in [9.17, 15) is 9.59 Å². The molecule has 0 aliphatic carbocycles. The summed E-state index contributed by atoms with van der Waals surface area (Å²) in [6.07, 6.45) is 1.76. The predicted molar refractivity (Wildman–Crippen MR) is 56.3 cm³/mol. The summed E-state index contributed by atoms with van der Waals surface area (Å²) in [7, 11) is 1.30. The minimum Gasteiger partial charge on any atom is -0.469 e. The van der Waals surface area contributed by atoms with Crippen LogP contribution in [0.25, 0.3) is 0 Å². The highest BCUT2D eigenvalue weighted by Crippen LogP contribution is 1.94. The highest BCUT2D eigenvalue weighted by molar-refractivity contribution is 5.76. The topological polar surface area (TPSA) is 99.2 Å². The van der Waals surface area contributed by atoms with Crippen LogP contribution in [0.15, 0.2) is 12.3 Å². The van der Waals surface area contributed by atoms with Crippen molar-refractivity contribution < 1.29 is 14.3 Å². The Hall–Kier alpha value is -2.05. The molecule has 1 rings (SSSR count). The summed E-state index contributed by atoms with van der Waals surface area (Å²) in [5.41, 5.74) is 5.39. The van der Waals surface area contributed by atoms with Gasteiger partial charge in [0, 0.05) is 12.7 Å². The van der Waals surface area contributed by atoms with Gasteiger partial charge in [0.1, 0.15) is 12.4 Å². The fourth-order valence-corrected chi connectivity index (χ4v) is 1.07. The molecule has 0 aromatic carbocycles. The molecule has 88 valence electrons. The molecule has 7 heteroatoms. The van der Waals surface area contributed by atoms with Crippen molar-refractivity contribution in [3.63, 3.8) is 0 Å². The first-order valence-electron chi connectivity index (χ1n) is 4.74. The molecule has 0 atom stereocenters. The normalized spacial score (nSPS) is 9.81. The molecule has 0 aliphatic rings. The van der Waals surface area contributed by atoms with Crippen molar-refractivity contribution in [2.75, 3.05) is 19.4 Å². The zero-order chi connectivity index (χ0) is 12.0. The molecule has 0 fully saturated rings. The van der Waals surface area contributed by atoms with Gasteiger partial charge in [-0.1, -0.05) is 0 Å². The molecule has 0 unspecified atom stereocenters. The predicted octanol–water partition coefficient (Wildman–Crippen LogP) is -0.855. The molecule has 0 aliphatic heterocycles. The molecular formula is C9H14N4O3. The number of hydrogen-bond donors (Lipinski definition) is 2. The second-order valence-corrected chi connectivity index (χ2v) is 3.11. The highest BCUT2D eigenvalue weighted by Gasteiger charge is 2.05. The number of anilines is 1. The van der Waals surface area contributed by atoms with Crippen molar-refractivity contribution in [2.24, 2.45) is 0 Å². The Kier molecular flexibility index (Phi) is 4.31. The molecule has 3 N–H and O–H groups in total. The van der Waals surface area contributed by atoms with E-state index in [0.717, 1.165) is 0 Å². The van der Waals surface area contributed by atoms with Crippen molar-refractivity contribution in [3.8, 4) is 0 Å². The maximum atomic E-state index is 11.3. The van der Waals surface area contributed by atoms with Crippen LogP contribution in [0.3, 0.4) is 0 Å². The van der Waals surface area contributed by atoms with Gasteiger partial charge in [0.15, 0.2) is 0 Å². The van der Waals surface area contributed by atoms with E-state index in [-0.39, 0.29) is 31.4 Å². The van der Waals surface area contributed by atoms with Crippen LogP contribution in [0.4, 0.5) is 5.82 Å². The maximum Gasteiger partial charge on any atom is 0.307 e. The standard InChI is InChI=1S/C9H14N4O3/c1-16-9(15)2-4-11-8(14)6-13-5-3-7(10)12-13/h3,5H,2,4,6H2,1H3,(H2,10,12)(H,11,14). The van der Waals surface area contributed by atoms with Crippen LogP contribution in [0.2, 0.25) is 0 Å². The Bertz CT molecular complexity index is 375. The molecule has 0 saturated carbocycles. The fraction of sp³-hybridized carbons (Fsp3) is 0.444. The Balaban J connectivity index is 2.23. The number of hydrogen-bond acceptors (Lipinski definition) is 5. The minimum absolute atomic E-state index is 0.0817. The Labute approximate surface area is 92.6 Å². The van der Waals surface area contributed by atoms with E-state index < -0.39 is 0 Å². The summed E-state index contributed by atoms with van der Waals surface area (Å²) in [5, 5.41) is 6.42. The first-order valence-corrected chi connectivity index (χ1v) is 4.74. The zero-order valence-electron chi connectivity index (χ0n) is 8.97. The van der Waals surface area contributed by atoms with Gasteiger partial charge in [-0.05, 0) is 6.07 Å². The molecule has 0 spiro atoms. The number of methoxy groups -OCH3 is 1. The number of nitrogen functional groups attached to an aromatic ring is 1. The first-order chi connectivity index (χ1) is 7.61. The lowest BCUT2D eigenvalue weighted by Gasteiger charge is -2.04. The second kappa shape index (κ2) is 5.74. The molecule has 0 bridgehead atoms. The van der Waals surface area contributed by atoms with Gasteiger partial charge in [0.25, 0.3) is 0 Å². The molecule has 0 radical (unpaired) electrons. The lowest BCUT2D eigenvalue weighted by Crippen LogP contribution is -2.29. The number of nitrogens with zero attached hydrogens (tertiary/aromatic N) is 2. The van der Waals surface area contributed by atoms with Gasteiger partial charge in [0.05, 0.1) is 13.5 Å². The Morgan fingerprint density at radius 1 is 1.62 bits per heavy atom. The number of esters is 1. The first kappa shape index (κ1) is 12.0. The Morgan fingerprint density at radius 2 is 2.38 bits per heavy atom. The van der Waals surface area contributed by atoms with E-state index in [4.69, 9.17) is 5.73 Å². The van der Waals surface area contributed by atoms with Crippen LogP contribution in [0, 0.1) is 0 Å². The van der Waals surface area contributed by atoms with Crippen LogP contribution in [-0.2, 0) is 20.9 Å². The molecule has 1 aromatic heterocycles. The third-order valence-corrected chi connectivity index (χ3v) is 1.85. The molecule has 7 nitrogen and oxygen atoms in total. The number of amides is 1. The average Bonchev–Trinajstić information content (AvgIpc) is 2.63. The van der Waals surface area contributed by atoms with E-state index >= 15 is 0 Å². The van der Waals surface area contributed by atoms with Gasteiger partial charge in [0.2, 0.25) is 5.91 Å². The van der Waals surface area contributed by atoms with Gasteiger partial charge in [-0.25, -0.2) is 0 Å². The quantitative estimate of drug-likeness (QED) is 0.637. The van der Waals surface area contributed by atoms with Crippen molar-refractivity contribution >= 4 is 17.7 Å². The number of aromatic nitrogens is 2. The third-order valence-electron chi connectivity index (χ3n) is 1.85. The van der Waals surface area contributed by atoms with Crippen molar-refractivity contribution in [1.29, 1.82) is 0 Å². The number of nitrogens with two attached hydrogens (primary N) is 1. The van der Waals surface area contributed by atoms with Crippen molar-refractivity contribution in [1.82, 2.24) is 15.1 Å². The van der Waals surface area contributed by atoms with E-state index in [0.29, 0.717) is 5.82 Å². The SMILES string of the molecule is COC(=O)CCNC(=O)Cn1ccc(N)n1. The minimum atomic E-state index is -0.358. The van der Waals surface area contributed by atoms with E-state index in [1.54, 1.807) is 12.3 Å². The van der Waals surface area contributed by atoms with Crippen LogP contribution >= 0.6 is 0 Å². The molecule has 1 aromatic rings. The number of carbonyl (C=O) groups is 2. The third kappa shape index (κ3) is 3.99. The lowest BCUT2D eigenvalue weighted by atomic mass is 10.4. The molecular weight excluding hydrogens is 212 g/mol. The van der Waals surface area contributed by atoms with Gasteiger partial charge in [-0.3, -0.25) is 14.3 Å². The largest absolute Gasteiger partial charge is 0.469 e. The average molecular weight is 226 g/mol. The van der Waals surface area contributed by atoms with Gasteiger partial charge in [-0.15, -0.1) is 0 Å². The summed E-state index contributed by atoms with van der Waals surface area (Å²) >= 11 is 0. The van der Waals surface area contributed by atoms with E-state index in [1.807, 2.05) is 0 Å². The second-order valence-electron chi connectivity index (χ2n) is 3.11. The Morgan fingerprint density at radius 3 is 2.94 bits per heavy atom. The van der Waals surface area contributed by atoms with Crippen LogP contribution in [0.5, 0.6) is 0 Å². The lowest BCUT2D eigenvalue weighted by molar-refractivity contribution is -0.140. The van der Waals surface area contributed by atoms with Gasteiger partial charge < -0.3 is 15.8 Å². The van der Waals surface area contributed by atoms with Crippen molar-refractivity contribution in [2.45, 2.75) is 13.0 Å². The summed E-state index contributed by atoms with van der Waals surface area (Å²) in [6.45, 7) is 0.334. The molecule has 1 amide bonds. The van der Waals surface area contributed by atoms with Crippen LogP contribution < -0.4 is 11.1 Å². The number of nitrogens with one attached hydrogen (secondary N) is 1. The smallest absolute Gasteiger partial charge is 0.307 e. The monoisotopic (exact) mass is 226 g/mol. The molecule has 1 heterocycles. The fourth-order valence-electron chi connectivity index (χ4n) is 1.07. The molecule has 16 heavy (non-hydrogen) atoms. The number of ether oxygens (including phenoxy) is 1. The van der Waals surface area contributed by atoms with Crippen molar-refractivity contribution in [3.05, 3.63) is 12.3 Å². The number of carbonyl (C=O) groups excluding carboxylic acids is 2. The van der Waals surface area contributed by atoms with E-state index in [1.165, 1.54) is 11.8 Å². The van der Waals surface area contributed by atoms with Gasteiger partial charge >= 0.3 is 5.97 Å². The van der Waals surface area contributed by atoms with Gasteiger partial charge in [-0.2, -0.15) is 5.10 Å². The highest BCUT2D eigenvalue weighted by atomic mass is 16.5. The summed E-state index contributed by atoms with van der Waals surface area (Å²) in [5.74, 6) is -0.224. The van der Waals surface area contributed by atoms with Crippen LogP contribution in [-0.4, -0.2) is 35.3 Å². The van der Waals surface area contributed by atoms with E-state index in [2.05, 4.69) is 15.2 Å². The van der Waals surface area contributed by atoms with Crippen LogP contribution in [0.1, 0.15) is 6.42 Å². The maximum absolute atomic E-state index is 11.3. The summed E-state index contributed by atoms with van der Waals surface area (Å²) in [6, 6.07) is 1.60. The molecule has 0 saturated heterocycles. The number of rotatable bonds is 5. The summed E-state index contributed by atoms with van der Waals surface area (Å²) < 4.78 is 5.85.